The van der Waals surface area contributed by atoms with Gasteiger partial charge in [-0.2, -0.15) is 0 Å². The van der Waals surface area contributed by atoms with E-state index in [9.17, 15) is 4.79 Å². The number of nitrogens with one attached hydrogen (secondary N) is 1. The van der Waals surface area contributed by atoms with E-state index in [0.717, 1.165) is 67.4 Å². The number of carbonyl (C=O) groups is 1. The van der Waals surface area contributed by atoms with Crippen molar-refractivity contribution < 1.29 is 4.79 Å². The van der Waals surface area contributed by atoms with Crippen LogP contribution in [0.1, 0.15) is 47.8 Å². The molecule has 1 fully saturated rings. The summed E-state index contributed by atoms with van der Waals surface area (Å²) in [5, 5.41) is 2.15. The second-order valence-electron chi connectivity index (χ2n) is 8.37. The molecule has 0 bridgehead atoms. The van der Waals surface area contributed by atoms with Gasteiger partial charge in [0, 0.05) is 62.1 Å². The number of aromatic amines is 1. The number of hydrogen-bond donors (Lipinski definition) is 1. The minimum Gasteiger partial charge on any atom is -0.361 e. The van der Waals surface area contributed by atoms with Gasteiger partial charge in [-0.05, 0) is 37.4 Å². The number of Topliss-reactive ketones (excluding diaryl/α,β-unsaturated/α-hetero) is 1. The number of pyridine rings is 1. The summed E-state index contributed by atoms with van der Waals surface area (Å²) in [7, 11) is 2.15. The van der Waals surface area contributed by atoms with Crippen LogP contribution >= 0.6 is 11.3 Å². The molecule has 1 aliphatic rings. The molecule has 1 saturated heterocycles. The molecule has 1 N–H and O–H groups in total. The van der Waals surface area contributed by atoms with E-state index >= 15 is 0 Å². The lowest BCUT2D eigenvalue weighted by Gasteiger charge is -2.32. The van der Waals surface area contributed by atoms with Crippen LogP contribution in [0, 0.1) is 5.92 Å². The Morgan fingerprint density at radius 2 is 2.10 bits per heavy atom. The molecule has 3 aromatic heterocycles. The molecule has 30 heavy (non-hydrogen) atoms. The van der Waals surface area contributed by atoms with Crippen molar-refractivity contribution in [1.29, 1.82) is 0 Å². The van der Waals surface area contributed by atoms with E-state index < -0.39 is 0 Å². The zero-order chi connectivity index (χ0) is 20.9. The Hall–Kier alpha value is -2.25. The summed E-state index contributed by atoms with van der Waals surface area (Å²) in [5.74, 6) is 0.567. The summed E-state index contributed by atoms with van der Waals surface area (Å²) in [6.07, 6.45) is 12.4. The van der Waals surface area contributed by atoms with Gasteiger partial charge in [0.05, 0.1) is 11.1 Å². The predicted molar refractivity (Wildman–Crippen MR) is 124 cm³/mol. The first kappa shape index (κ1) is 21.0. The second-order valence-corrected chi connectivity index (χ2v) is 9.38. The van der Waals surface area contributed by atoms with Crippen LogP contribution in [0.25, 0.3) is 10.9 Å². The van der Waals surface area contributed by atoms with Crippen LogP contribution in [0.5, 0.6) is 0 Å². The number of aromatic nitrogens is 3. The van der Waals surface area contributed by atoms with Crippen molar-refractivity contribution in [3.05, 3.63) is 41.3 Å². The highest BCUT2D eigenvalue weighted by atomic mass is 32.1. The van der Waals surface area contributed by atoms with E-state index in [2.05, 4.69) is 44.9 Å². The van der Waals surface area contributed by atoms with Crippen LogP contribution in [0.2, 0.25) is 0 Å². The number of H-pyrrole nitrogens is 1. The number of ketones is 1. The van der Waals surface area contributed by atoms with Crippen LogP contribution in [-0.2, 0) is 6.42 Å². The average Bonchev–Trinajstić information content (AvgIpc) is 3.40. The van der Waals surface area contributed by atoms with Crippen LogP contribution in [-0.4, -0.2) is 58.9 Å². The number of hydrogen-bond acceptors (Lipinski definition) is 6. The lowest BCUT2D eigenvalue weighted by Crippen LogP contribution is -2.44. The molecule has 7 heteroatoms. The topological polar surface area (TPSA) is 65.1 Å². The molecule has 0 saturated carbocycles. The summed E-state index contributed by atoms with van der Waals surface area (Å²) in [4.78, 5) is 30.7. The van der Waals surface area contributed by atoms with Gasteiger partial charge in [-0.3, -0.25) is 9.78 Å². The number of rotatable bonds is 9. The van der Waals surface area contributed by atoms with Crippen molar-refractivity contribution in [2.75, 3.05) is 38.1 Å². The first-order valence-corrected chi connectivity index (χ1v) is 11.8. The highest BCUT2D eigenvalue weighted by Crippen LogP contribution is 2.29. The number of anilines is 1. The summed E-state index contributed by atoms with van der Waals surface area (Å²) >= 11 is 1.56. The summed E-state index contributed by atoms with van der Waals surface area (Å²) < 4.78 is 0. The lowest BCUT2D eigenvalue weighted by atomic mass is 9.89. The van der Waals surface area contributed by atoms with Gasteiger partial charge in [-0.1, -0.05) is 31.1 Å². The number of piperazine rings is 1. The number of nitrogens with zero attached hydrogens (tertiary/aromatic N) is 4. The van der Waals surface area contributed by atoms with Crippen molar-refractivity contribution in [1.82, 2.24) is 19.9 Å². The molecule has 0 amide bonds. The minimum absolute atomic E-state index is 0.229. The molecule has 4 heterocycles. The van der Waals surface area contributed by atoms with Gasteiger partial charge in [0.1, 0.15) is 0 Å². The smallest absolute Gasteiger partial charge is 0.186 e. The molecular formula is C23H31N5OS. The maximum Gasteiger partial charge on any atom is 0.186 e. The Labute approximate surface area is 182 Å². The van der Waals surface area contributed by atoms with E-state index in [4.69, 9.17) is 0 Å². The van der Waals surface area contributed by atoms with Gasteiger partial charge in [-0.15, -0.1) is 0 Å². The third kappa shape index (κ3) is 4.90. The molecule has 0 aliphatic carbocycles. The highest BCUT2D eigenvalue weighted by molar-refractivity contribution is 7.17. The maximum atomic E-state index is 13.1. The van der Waals surface area contributed by atoms with E-state index in [1.165, 1.54) is 10.9 Å². The Kier molecular flexibility index (Phi) is 6.79. The van der Waals surface area contributed by atoms with Crippen LogP contribution in [0.15, 0.2) is 30.9 Å². The Morgan fingerprint density at radius 3 is 2.90 bits per heavy atom. The number of fused-ring (bicyclic) bond motifs is 1. The van der Waals surface area contributed by atoms with Gasteiger partial charge >= 0.3 is 0 Å². The molecule has 3 aromatic rings. The maximum absolute atomic E-state index is 13.1. The normalized spacial score (nSPS) is 16.3. The molecular weight excluding hydrogens is 394 g/mol. The van der Waals surface area contributed by atoms with Gasteiger partial charge in [-0.25, -0.2) is 4.98 Å². The summed E-state index contributed by atoms with van der Waals surface area (Å²) in [6.45, 7) is 6.25. The summed E-state index contributed by atoms with van der Waals surface area (Å²) in [6, 6.07) is 2.00. The Morgan fingerprint density at radius 1 is 1.27 bits per heavy atom. The predicted octanol–water partition coefficient (Wildman–Crippen LogP) is 4.39. The standard InChI is InChI=1S/C23H31N5OS/c1-3-4-5-17(12-18-14-25-20-6-7-24-15-19(18)20)13-21(29)22-16-26-23(30-22)28-10-8-27(2)9-11-28/h6-7,14-17,25H,3-5,8-13H2,1-2H3. The van der Waals surface area contributed by atoms with Crippen molar-refractivity contribution in [2.24, 2.45) is 5.92 Å². The zero-order valence-corrected chi connectivity index (χ0v) is 18.7. The first-order valence-electron chi connectivity index (χ1n) is 11.0. The van der Waals surface area contributed by atoms with E-state index in [1.807, 2.05) is 18.5 Å². The van der Waals surface area contributed by atoms with Crippen LogP contribution in [0.3, 0.4) is 0 Å². The van der Waals surface area contributed by atoms with E-state index in [0.29, 0.717) is 12.3 Å². The molecule has 0 spiro atoms. The fourth-order valence-corrected chi connectivity index (χ4v) is 5.08. The fraction of sp³-hybridized carbons (Fsp3) is 0.522. The molecule has 4 rings (SSSR count). The molecule has 1 atom stereocenters. The van der Waals surface area contributed by atoms with Gasteiger partial charge < -0.3 is 14.8 Å². The van der Waals surface area contributed by atoms with Gasteiger partial charge in [0.2, 0.25) is 0 Å². The third-order valence-corrected chi connectivity index (χ3v) is 7.16. The highest BCUT2D eigenvalue weighted by Gasteiger charge is 2.22. The van der Waals surface area contributed by atoms with Crippen molar-refractivity contribution >= 4 is 33.2 Å². The lowest BCUT2D eigenvalue weighted by molar-refractivity contribution is 0.0962. The fourth-order valence-electron chi connectivity index (χ4n) is 4.17. The van der Waals surface area contributed by atoms with Crippen molar-refractivity contribution in [3.63, 3.8) is 0 Å². The molecule has 1 unspecified atom stereocenters. The van der Waals surface area contributed by atoms with Crippen molar-refractivity contribution in [3.8, 4) is 0 Å². The van der Waals surface area contributed by atoms with Crippen LogP contribution in [0.4, 0.5) is 5.13 Å². The SMILES string of the molecule is CCCCC(CC(=O)c1cnc(N2CCN(C)CC2)s1)Cc1c[nH]c2ccncc12. The van der Waals surface area contributed by atoms with Gasteiger partial charge in [0.25, 0.3) is 0 Å². The third-order valence-electron chi connectivity index (χ3n) is 6.06. The Bertz CT molecular complexity index is 973. The van der Waals surface area contributed by atoms with Crippen LogP contribution < -0.4 is 4.90 Å². The van der Waals surface area contributed by atoms with E-state index in [-0.39, 0.29) is 5.78 Å². The van der Waals surface area contributed by atoms with E-state index in [1.54, 1.807) is 17.5 Å². The largest absolute Gasteiger partial charge is 0.361 e. The molecule has 6 nitrogen and oxygen atoms in total. The van der Waals surface area contributed by atoms with Crippen molar-refractivity contribution in [2.45, 2.75) is 39.0 Å². The summed E-state index contributed by atoms with van der Waals surface area (Å²) in [5.41, 5.74) is 2.37. The Balaban J connectivity index is 1.43. The number of thiazole rings is 1. The zero-order valence-electron chi connectivity index (χ0n) is 17.9. The molecule has 0 aromatic carbocycles. The monoisotopic (exact) mass is 425 g/mol. The molecule has 160 valence electrons. The molecule has 1 aliphatic heterocycles. The first-order chi connectivity index (χ1) is 14.6. The quantitative estimate of drug-likeness (QED) is 0.515. The average molecular weight is 426 g/mol. The van der Waals surface area contributed by atoms with Gasteiger partial charge in [0.15, 0.2) is 10.9 Å². The minimum atomic E-state index is 0.229. The second kappa shape index (κ2) is 9.71. The number of unbranched alkanes of at least 4 members (excludes halogenated alkanes) is 1. The number of carbonyl (C=O) groups excluding carboxylic acids is 1. The number of likely N-dealkylation sites (N-methyl/N-ethyl adjacent to an activating group) is 1. The molecule has 0 radical (unpaired) electrons.